The summed E-state index contributed by atoms with van der Waals surface area (Å²) in [5.41, 5.74) is 1.71. The standard InChI is InChI=1S/C15H15FN2O3/c1-11-10-12(16)2-7-15(11)17-8-9-21-14-5-3-13(4-6-14)18(19)20/h2-7,10,17H,8-9H2,1H3. The monoisotopic (exact) mass is 290 g/mol. The zero-order chi connectivity index (χ0) is 15.2. The van der Waals surface area contributed by atoms with Crippen LogP contribution in [0.15, 0.2) is 42.5 Å². The van der Waals surface area contributed by atoms with Crippen LogP contribution in [0.3, 0.4) is 0 Å². The molecule has 0 unspecified atom stereocenters. The highest BCUT2D eigenvalue weighted by Gasteiger charge is 2.04. The lowest BCUT2D eigenvalue weighted by Gasteiger charge is -2.10. The third kappa shape index (κ3) is 4.17. The Bertz CT molecular complexity index is 629. The molecular formula is C15H15FN2O3. The molecule has 0 amide bonds. The minimum Gasteiger partial charge on any atom is -0.492 e. The molecule has 0 aliphatic heterocycles. The van der Waals surface area contributed by atoms with E-state index in [1.807, 2.05) is 6.92 Å². The van der Waals surface area contributed by atoms with E-state index in [9.17, 15) is 14.5 Å². The SMILES string of the molecule is Cc1cc(F)ccc1NCCOc1ccc([N+](=O)[O-])cc1. The number of nitrogens with one attached hydrogen (secondary N) is 1. The number of aryl methyl sites for hydroxylation is 1. The van der Waals surface area contributed by atoms with Crippen LogP contribution in [0.5, 0.6) is 5.75 Å². The van der Waals surface area contributed by atoms with Gasteiger partial charge < -0.3 is 10.1 Å². The first-order chi connectivity index (χ1) is 10.1. The number of hydrogen-bond donors (Lipinski definition) is 1. The van der Waals surface area contributed by atoms with E-state index in [2.05, 4.69) is 5.32 Å². The van der Waals surface area contributed by atoms with E-state index in [1.54, 1.807) is 18.2 Å². The lowest BCUT2D eigenvalue weighted by Crippen LogP contribution is -2.12. The van der Waals surface area contributed by atoms with Crippen molar-refractivity contribution in [2.24, 2.45) is 0 Å². The number of anilines is 1. The van der Waals surface area contributed by atoms with Crippen molar-refractivity contribution in [3.63, 3.8) is 0 Å². The van der Waals surface area contributed by atoms with Crippen molar-refractivity contribution in [3.8, 4) is 5.75 Å². The average Bonchev–Trinajstić information content (AvgIpc) is 2.46. The second-order valence-electron chi connectivity index (χ2n) is 4.49. The second kappa shape index (κ2) is 6.69. The highest BCUT2D eigenvalue weighted by Crippen LogP contribution is 2.18. The minimum atomic E-state index is -0.456. The molecule has 0 radical (unpaired) electrons. The van der Waals surface area contributed by atoms with E-state index in [0.29, 0.717) is 18.9 Å². The lowest BCUT2D eigenvalue weighted by molar-refractivity contribution is -0.384. The van der Waals surface area contributed by atoms with Crippen molar-refractivity contribution in [2.75, 3.05) is 18.5 Å². The number of non-ortho nitro benzene ring substituents is 1. The molecule has 0 aromatic heterocycles. The quantitative estimate of drug-likeness (QED) is 0.502. The lowest BCUT2D eigenvalue weighted by atomic mass is 10.2. The van der Waals surface area contributed by atoms with Crippen molar-refractivity contribution < 1.29 is 14.1 Å². The smallest absolute Gasteiger partial charge is 0.269 e. The summed E-state index contributed by atoms with van der Waals surface area (Å²) in [6.45, 7) is 2.76. The number of nitro benzene ring substituents is 1. The Morgan fingerprint density at radius 1 is 1.24 bits per heavy atom. The average molecular weight is 290 g/mol. The van der Waals surface area contributed by atoms with E-state index in [1.165, 1.54) is 24.3 Å². The van der Waals surface area contributed by atoms with E-state index in [0.717, 1.165) is 11.3 Å². The fraction of sp³-hybridized carbons (Fsp3) is 0.200. The number of benzene rings is 2. The first-order valence-corrected chi connectivity index (χ1v) is 6.43. The Hall–Kier alpha value is -2.63. The summed E-state index contributed by atoms with van der Waals surface area (Å²) in [5, 5.41) is 13.7. The van der Waals surface area contributed by atoms with Gasteiger partial charge in [-0.3, -0.25) is 10.1 Å². The summed E-state index contributed by atoms with van der Waals surface area (Å²) in [5.74, 6) is 0.304. The molecule has 2 rings (SSSR count). The Kier molecular flexibility index (Phi) is 4.71. The normalized spacial score (nSPS) is 10.2. The Morgan fingerprint density at radius 2 is 1.95 bits per heavy atom. The molecule has 110 valence electrons. The Morgan fingerprint density at radius 3 is 2.57 bits per heavy atom. The van der Waals surface area contributed by atoms with E-state index in [4.69, 9.17) is 4.74 Å². The molecular weight excluding hydrogens is 275 g/mol. The molecule has 21 heavy (non-hydrogen) atoms. The van der Waals surface area contributed by atoms with Crippen LogP contribution in [0.2, 0.25) is 0 Å². The summed E-state index contributed by atoms with van der Waals surface area (Å²) >= 11 is 0. The van der Waals surface area contributed by atoms with E-state index < -0.39 is 4.92 Å². The summed E-state index contributed by atoms with van der Waals surface area (Å²) in [6.07, 6.45) is 0. The van der Waals surface area contributed by atoms with Gasteiger partial charge in [0.2, 0.25) is 0 Å². The van der Waals surface area contributed by atoms with Gasteiger partial charge in [-0.1, -0.05) is 0 Å². The predicted octanol–water partition coefficient (Wildman–Crippen LogP) is 3.53. The predicted molar refractivity (Wildman–Crippen MR) is 78.2 cm³/mol. The molecule has 0 heterocycles. The molecule has 0 saturated heterocycles. The third-order valence-corrected chi connectivity index (χ3v) is 2.92. The molecule has 0 atom stereocenters. The molecule has 0 fully saturated rings. The number of ether oxygens (including phenoxy) is 1. The minimum absolute atomic E-state index is 0.0300. The third-order valence-electron chi connectivity index (χ3n) is 2.92. The van der Waals surface area contributed by atoms with Gasteiger partial charge >= 0.3 is 0 Å². The molecule has 0 saturated carbocycles. The number of hydrogen-bond acceptors (Lipinski definition) is 4. The van der Waals surface area contributed by atoms with Crippen molar-refractivity contribution in [1.29, 1.82) is 0 Å². The second-order valence-corrected chi connectivity index (χ2v) is 4.49. The zero-order valence-corrected chi connectivity index (χ0v) is 11.5. The maximum atomic E-state index is 12.9. The van der Waals surface area contributed by atoms with Gasteiger partial charge in [0.15, 0.2) is 0 Å². The van der Waals surface area contributed by atoms with Crippen LogP contribution < -0.4 is 10.1 Å². The van der Waals surface area contributed by atoms with Crippen molar-refractivity contribution >= 4 is 11.4 Å². The largest absolute Gasteiger partial charge is 0.492 e. The van der Waals surface area contributed by atoms with Crippen molar-refractivity contribution in [2.45, 2.75) is 6.92 Å². The molecule has 0 aliphatic carbocycles. The zero-order valence-electron chi connectivity index (χ0n) is 11.5. The molecule has 0 aliphatic rings. The summed E-state index contributed by atoms with van der Waals surface area (Å²) < 4.78 is 18.4. The number of nitrogens with zero attached hydrogens (tertiary/aromatic N) is 1. The first kappa shape index (κ1) is 14.8. The van der Waals surface area contributed by atoms with Crippen LogP contribution in [-0.4, -0.2) is 18.1 Å². The first-order valence-electron chi connectivity index (χ1n) is 6.43. The van der Waals surface area contributed by atoms with Crippen molar-refractivity contribution in [1.82, 2.24) is 0 Å². The van der Waals surface area contributed by atoms with Gasteiger partial charge in [0.25, 0.3) is 5.69 Å². The van der Waals surface area contributed by atoms with Crippen LogP contribution in [-0.2, 0) is 0 Å². The van der Waals surface area contributed by atoms with Gasteiger partial charge in [-0.2, -0.15) is 0 Å². The van der Waals surface area contributed by atoms with Gasteiger partial charge in [-0.15, -0.1) is 0 Å². The highest BCUT2D eigenvalue weighted by atomic mass is 19.1. The molecule has 0 bridgehead atoms. The van der Waals surface area contributed by atoms with Crippen LogP contribution in [0.4, 0.5) is 15.8 Å². The van der Waals surface area contributed by atoms with Gasteiger partial charge in [0, 0.05) is 24.4 Å². The van der Waals surface area contributed by atoms with Crippen LogP contribution in [0, 0.1) is 22.9 Å². The summed E-state index contributed by atoms with van der Waals surface area (Å²) in [4.78, 5) is 10.1. The van der Waals surface area contributed by atoms with E-state index in [-0.39, 0.29) is 11.5 Å². The number of nitro groups is 1. The summed E-state index contributed by atoms with van der Waals surface area (Å²) in [6, 6.07) is 10.4. The molecule has 2 aromatic rings. The highest BCUT2D eigenvalue weighted by molar-refractivity contribution is 5.50. The molecule has 2 aromatic carbocycles. The van der Waals surface area contributed by atoms with Gasteiger partial charge in [0.1, 0.15) is 18.2 Å². The van der Waals surface area contributed by atoms with Crippen LogP contribution in [0.25, 0.3) is 0 Å². The molecule has 5 nitrogen and oxygen atoms in total. The van der Waals surface area contributed by atoms with Gasteiger partial charge in [-0.25, -0.2) is 4.39 Å². The molecule has 6 heteroatoms. The topological polar surface area (TPSA) is 64.4 Å². The fourth-order valence-electron chi connectivity index (χ4n) is 1.84. The Labute approximate surface area is 121 Å². The van der Waals surface area contributed by atoms with Gasteiger partial charge in [-0.05, 0) is 42.8 Å². The fourth-order valence-corrected chi connectivity index (χ4v) is 1.84. The van der Waals surface area contributed by atoms with Crippen LogP contribution >= 0.6 is 0 Å². The molecule has 1 N–H and O–H groups in total. The Balaban J connectivity index is 1.80. The maximum Gasteiger partial charge on any atom is 0.269 e. The van der Waals surface area contributed by atoms with Gasteiger partial charge in [0.05, 0.1) is 4.92 Å². The van der Waals surface area contributed by atoms with Crippen LogP contribution in [0.1, 0.15) is 5.56 Å². The summed E-state index contributed by atoms with van der Waals surface area (Å²) in [7, 11) is 0. The number of halogens is 1. The maximum absolute atomic E-state index is 12.9. The van der Waals surface area contributed by atoms with Crippen molar-refractivity contribution in [3.05, 3.63) is 64.0 Å². The molecule has 0 spiro atoms. The number of rotatable bonds is 6. The van der Waals surface area contributed by atoms with E-state index >= 15 is 0 Å².